The van der Waals surface area contributed by atoms with Crippen molar-refractivity contribution in [2.24, 2.45) is 5.92 Å². The SMILES string of the molecule is c1ccc2sc(NCC3CCc4nncn4C3)nc2c1. The second-order valence-electron chi connectivity index (χ2n) is 5.17. The largest absolute Gasteiger partial charge is 0.361 e. The van der Waals surface area contributed by atoms with Crippen LogP contribution >= 0.6 is 11.3 Å². The normalized spacial score (nSPS) is 18.1. The summed E-state index contributed by atoms with van der Waals surface area (Å²) in [6, 6.07) is 8.25. The minimum Gasteiger partial charge on any atom is -0.361 e. The first kappa shape index (κ1) is 11.8. The molecule has 0 fully saturated rings. The Kier molecular flexibility index (Phi) is 2.88. The smallest absolute Gasteiger partial charge is 0.183 e. The van der Waals surface area contributed by atoms with Gasteiger partial charge in [0.15, 0.2) is 5.13 Å². The zero-order valence-corrected chi connectivity index (χ0v) is 11.8. The predicted octanol–water partition coefficient (Wildman–Crippen LogP) is 2.56. The number of hydrogen-bond donors (Lipinski definition) is 1. The summed E-state index contributed by atoms with van der Waals surface area (Å²) in [5.74, 6) is 1.73. The number of benzene rings is 1. The first-order valence-electron chi connectivity index (χ1n) is 6.84. The monoisotopic (exact) mass is 285 g/mol. The molecular formula is C14H15N5S. The molecule has 102 valence electrons. The van der Waals surface area contributed by atoms with Crippen LogP contribution in [-0.4, -0.2) is 26.3 Å². The van der Waals surface area contributed by atoms with E-state index in [1.165, 1.54) is 4.70 Å². The van der Waals surface area contributed by atoms with Crippen molar-refractivity contribution in [2.45, 2.75) is 19.4 Å². The van der Waals surface area contributed by atoms with Crippen LogP contribution in [-0.2, 0) is 13.0 Å². The fraction of sp³-hybridized carbons (Fsp3) is 0.357. The highest BCUT2D eigenvalue weighted by Gasteiger charge is 2.19. The van der Waals surface area contributed by atoms with Gasteiger partial charge in [-0.25, -0.2) is 4.98 Å². The number of nitrogens with one attached hydrogen (secondary N) is 1. The maximum absolute atomic E-state index is 4.61. The molecular weight excluding hydrogens is 270 g/mol. The third kappa shape index (κ3) is 2.16. The first-order chi connectivity index (χ1) is 9.88. The molecule has 2 aromatic heterocycles. The highest BCUT2D eigenvalue weighted by molar-refractivity contribution is 7.22. The Hall–Kier alpha value is -1.95. The minimum atomic E-state index is 0.616. The van der Waals surface area contributed by atoms with Gasteiger partial charge in [0.1, 0.15) is 12.2 Å². The number of para-hydroxylation sites is 1. The van der Waals surface area contributed by atoms with E-state index in [0.29, 0.717) is 5.92 Å². The van der Waals surface area contributed by atoms with Crippen LogP contribution in [0.2, 0.25) is 0 Å². The number of aromatic nitrogens is 4. The minimum absolute atomic E-state index is 0.616. The van der Waals surface area contributed by atoms with Gasteiger partial charge >= 0.3 is 0 Å². The number of aryl methyl sites for hydroxylation is 1. The second-order valence-corrected chi connectivity index (χ2v) is 6.20. The first-order valence-corrected chi connectivity index (χ1v) is 7.66. The molecule has 0 radical (unpaired) electrons. The molecule has 0 spiro atoms. The molecule has 1 aromatic carbocycles. The Morgan fingerprint density at radius 2 is 2.30 bits per heavy atom. The molecule has 1 aliphatic heterocycles. The molecule has 20 heavy (non-hydrogen) atoms. The van der Waals surface area contributed by atoms with Crippen LogP contribution in [0.5, 0.6) is 0 Å². The number of nitrogens with zero attached hydrogens (tertiary/aromatic N) is 4. The molecule has 4 rings (SSSR count). The molecule has 3 aromatic rings. The summed E-state index contributed by atoms with van der Waals surface area (Å²) in [5.41, 5.74) is 1.07. The molecule has 3 heterocycles. The molecule has 0 bridgehead atoms. The summed E-state index contributed by atoms with van der Waals surface area (Å²) in [4.78, 5) is 4.61. The molecule has 1 aliphatic rings. The second kappa shape index (κ2) is 4.86. The van der Waals surface area contributed by atoms with Gasteiger partial charge in [0, 0.05) is 19.5 Å². The van der Waals surface area contributed by atoms with Gasteiger partial charge < -0.3 is 9.88 Å². The average Bonchev–Trinajstić information content (AvgIpc) is 3.10. The highest BCUT2D eigenvalue weighted by atomic mass is 32.1. The van der Waals surface area contributed by atoms with E-state index in [9.17, 15) is 0 Å². The lowest BCUT2D eigenvalue weighted by molar-refractivity contribution is 0.381. The predicted molar refractivity (Wildman–Crippen MR) is 79.9 cm³/mol. The van der Waals surface area contributed by atoms with E-state index < -0.39 is 0 Å². The lowest BCUT2D eigenvalue weighted by Gasteiger charge is -2.22. The lowest BCUT2D eigenvalue weighted by Crippen LogP contribution is -2.25. The van der Waals surface area contributed by atoms with Gasteiger partial charge in [-0.05, 0) is 24.5 Å². The van der Waals surface area contributed by atoms with E-state index in [-0.39, 0.29) is 0 Å². The molecule has 1 N–H and O–H groups in total. The maximum Gasteiger partial charge on any atom is 0.183 e. The molecule has 0 amide bonds. The van der Waals surface area contributed by atoms with E-state index in [1.54, 1.807) is 11.3 Å². The van der Waals surface area contributed by atoms with Gasteiger partial charge in [-0.2, -0.15) is 0 Å². The van der Waals surface area contributed by atoms with Crippen molar-refractivity contribution in [1.82, 2.24) is 19.7 Å². The Morgan fingerprint density at radius 3 is 3.25 bits per heavy atom. The fourth-order valence-electron chi connectivity index (χ4n) is 2.67. The summed E-state index contributed by atoms with van der Waals surface area (Å²) in [7, 11) is 0. The third-order valence-corrected chi connectivity index (χ3v) is 4.76. The standard InChI is InChI=1S/C14H15N5S/c1-2-4-12-11(3-1)17-14(20-12)15-7-10-5-6-13-18-16-9-19(13)8-10/h1-4,9-10H,5-8H2,(H,15,17). The summed E-state index contributed by atoms with van der Waals surface area (Å²) in [6.07, 6.45) is 4.02. The maximum atomic E-state index is 4.61. The molecule has 1 unspecified atom stereocenters. The fourth-order valence-corrected chi connectivity index (χ4v) is 3.55. The number of hydrogen-bond acceptors (Lipinski definition) is 5. The zero-order chi connectivity index (χ0) is 13.4. The zero-order valence-electron chi connectivity index (χ0n) is 11.0. The topological polar surface area (TPSA) is 55.6 Å². The lowest BCUT2D eigenvalue weighted by atomic mass is 10.00. The van der Waals surface area contributed by atoms with Crippen LogP contribution in [0.4, 0.5) is 5.13 Å². The van der Waals surface area contributed by atoms with E-state index in [4.69, 9.17) is 0 Å². The van der Waals surface area contributed by atoms with Crippen molar-refractivity contribution in [3.05, 3.63) is 36.4 Å². The van der Waals surface area contributed by atoms with Crippen molar-refractivity contribution in [2.75, 3.05) is 11.9 Å². The van der Waals surface area contributed by atoms with Crippen LogP contribution in [0.15, 0.2) is 30.6 Å². The van der Waals surface area contributed by atoms with Crippen LogP contribution in [0, 0.1) is 5.92 Å². The molecule has 1 atom stereocenters. The van der Waals surface area contributed by atoms with E-state index >= 15 is 0 Å². The van der Waals surface area contributed by atoms with Crippen molar-refractivity contribution in [3.63, 3.8) is 0 Å². The number of rotatable bonds is 3. The Morgan fingerprint density at radius 1 is 1.35 bits per heavy atom. The summed E-state index contributed by atoms with van der Waals surface area (Å²) in [5, 5.41) is 12.6. The van der Waals surface area contributed by atoms with Gasteiger partial charge in [-0.3, -0.25) is 0 Å². The highest BCUT2D eigenvalue weighted by Crippen LogP contribution is 2.26. The van der Waals surface area contributed by atoms with Gasteiger partial charge in [0.25, 0.3) is 0 Å². The van der Waals surface area contributed by atoms with Crippen molar-refractivity contribution in [1.29, 1.82) is 0 Å². The number of anilines is 1. The van der Waals surface area contributed by atoms with Crippen molar-refractivity contribution >= 4 is 26.7 Å². The van der Waals surface area contributed by atoms with Gasteiger partial charge in [0.05, 0.1) is 10.2 Å². The summed E-state index contributed by atoms with van der Waals surface area (Å²) in [6.45, 7) is 1.96. The molecule has 0 saturated heterocycles. The van der Waals surface area contributed by atoms with Crippen LogP contribution in [0.25, 0.3) is 10.2 Å². The summed E-state index contributed by atoms with van der Waals surface area (Å²) >= 11 is 1.72. The van der Waals surface area contributed by atoms with E-state index in [0.717, 1.165) is 42.4 Å². The van der Waals surface area contributed by atoms with Crippen LogP contribution in [0.1, 0.15) is 12.2 Å². The summed E-state index contributed by atoms with van der Waals surface area (Å²) < 4.78 is 3.40. The van der Waals surface area contributed by atoms with Crippen LogP contribution < -0.4 is 5.32 Å². The van der Waals surface area contributed by atoms with Crippen LogP contribution in [0.3, 0.4) is 0 Å². The molecule has 6 heteroatoms. The van der Waals surface area contributed by atoms with E-state index in [2.05, 4.69) is 43.3 Å². The van der Waals surface area contributed by atoms with Gasteiger partial charge in [0.2, 0.25) is 0 Å². The van der Waals surface area contributed by atoms with Gasteiger partial charge in [-0.1, -0.05) is 23.5 Å². The number of fused-ring (bicyclic) bond motifs is 2. The Balaban J connectivity index is 1.43. The average molecular weight is 285 g/mol. The quantitative estimate of drug-likeness (QED) is 0.803. The third-order valence-electron chi connectivity index (χ3n) is 3.76. The van der Waals surface area contributed by atoms with Crippen molar-refractivity contribution in [3.8, 4) is 0 Å². The van der Waals surface area contributed by atoms with Crippen molar-refractivity contribution < 1.29 is 0 Å². The van der Waals surface area contributed by atoms with E-state index in [1.807, 2.05) is 12.4 Å². The Bertz CT molecular complexity index is 699. The molecule has 5 nitrogen and oxygen atoms in total. The molecule has 0 aliphatic carbocycles. The number of thiazole rings is 1. The molecule has 0 saturated carbocycles. The Labute approximate surface area is 120 Å². The van der Waals surface area contributed by atoms with Gasteiger partial charge in [-0.15, -0.1) is 10.2 Å².